The molecule has 0 unspecified atom stereocenters. The standard InChI is InChI=1S/C22H23ClN4O4S/c1-26-11-14(22(28)25-16-7-15(23)8-19(9-16)32(3,29)30)6-21(26)20-5-4-17(10-24-20)27-12-18(13-27)31-2/h4-11,18H,12-13H2,1-3H3,(H,25,28). The molecule has 0 saturated carbocycles. The van der Waals surface area contributed by atoms with Crippen molar-refractivity contribution in [1.82, 2.24) is 9.55 Å². The highest BCUT2D eigenvalue weighted by molar-refractivity contribution is 7.90. The molecule has 32 heavy (non-hydrogen) atoms. The lowest BCUT2D eigenvalue weighted by Gasteiger charge is -2.39. The second-order valence-electron chi connectivity index (χ2n) is 7.79. The zero-order chi connectivity index (χ0) is 23.0. The summed E-state index contributed by atoms with van der Waals surface area (Å²) < 4.78 is 30.8. The lowest BCUT2D eigenvalue weighted by Crippen LogP contribution is -2.51. The second kappa shape index (κ2) is 8.57. The number of methoxy groups -OCH3 is 1. The van der Waals surface area contributed by atoms with E-state index in [0.29, 0.717) is 11.3 Å². The minimum Gasteiger partial charge on any atom is -0.378 e. The number of benzene rings is 1. The molecule has 0 spiro atoms. The Morgan fingerprint density at radius 3 is 2.59 bits per heavy atom. The van der Waals surface area contributed by atoms with Gasteiger partial charge in [-0.3, -0.25) is 9.78 Å². The number of aromatic nitrogens is 2. The summed E-state index contributed by atoms with van der Waals surface area (Å²) in [7, 11) is 0.0889. The van der Waals surface area contributed by atoms with Crippen LogP contribution in [0.15, 0.2) is 53.7 Å². The Labute approximate surface area is 191 Å². The predicted octanol–water partition coefficient (Wildman–Crippen LogP) is 3.23. The van der Waals surface area contributed by atoms with E-state index in [1.54, 1.807) is 19.4 Å². The predicted molar refractivity (Wildman–Crippen MR) is 124 cm³/mol. The highest BCUT2D eigenvalue weighted by Crippen LogP contribution is 2.27. The summed E-state index contributed by atoms with van der Waals surface area (Å²) in [6.07, 6.45) is 4.86. The van der Waals surface area contributed by atoms with Crippen molar-refractivity contribution >= 4 is 38.7 Å². The van der Waals surface area contributed by atoms with E-state index in [4.69, 9.17) is 16.3 Å². The number of rotatable bonds is 6. The Kier molecular flexibility index (Phi) is 5.98. The average molecular weight is 475 g/mol. The van der Waals surface area contributed by atoms with E-state index in [9.17, 15) is 13.2 Å². The van der Waals surface area contributed by atoms with Gasteiger partial charge in [-0.1, -0.05) is 11.6 Å². The first kappa shape index (κ1) is 22.3. The van der Waals surface area contributed by atoms with E-state index in [2.05, 4.69) is 15.2 Å². The van der Waals surface area contributed by atoms with Gasteiger partial charge in [0.15, 0.2) is 9.84 Å². The number of nitrogens with zero attached hydrogens (tertiary/aromatic N) is 3. The van der Waals surface area contributed by atoms with Gasteiger partial charge in [-0.15, -0.1) is 0 Å². The maximum Gasteiger partial charge on any atom is 0.257 e. The third kappa shape index (κ3) is 4.64. The van der Waals surface area contributed by atoms with Crippen LogP contribution >= 0.6 is 11.6 Å². The molecule has 1 N–H and O–H groups in total. The Hall–Kier alpha value is -2.88. The number of ether oxygens (including phenoxy) is 1. The van der Waals surface area contributed by atoms with Crippen molar-refractivity contribution in [1.29, 1.82) is 0 Å². The fraction of sp³-hybridized carbons (Fsp3) is 0.273. The van der Waals surface area contributed by atoms with E-state index >= 15 is 0 Å². The van der Waals surface area contributed by atoms with Gasteiger partial charge < -0.3 is 19.5 Å². The summed E-state index contributed by atoms with van der Waals surface area (Å²) >= 11 is 6.02. The number of amides is 1. The van der Waals surface area contributed by atoms with Crippen LogP contribution < -0.4 is 10.2 Å². The molecule has 10 heteroatoms. The van der Waals surface area contributed by atoms with Gasteiger partial charge in [-0.05, 0) is 36.4 Å². The molecule has 1 saturated heterocycles. The maximum absolute atomic E-state index is 12.8. The number of halogens is 1. The van der Waals surface area contributed by atoms with Crippen LogP contribution in [-0.4, -0.2) is 56.4 Å². The summed E-state index contributed by atoms with van der Waals surface area (Å²) in [6.45, 7) is 1.69. The third-order valence-electron chi connectivity index (χ3n) is 5.38. The minimum atomic E-state index is -3.46. The third-order valence-corrected chi connectivity index (χ3v) is 6.69. The molecule has 2 aromatic heterocycles. The molecular weight excluding hydrogens is 452 g/mol. The van der Waals surface area contributed by atoms with Crippen LogP contribution in [0.5, 0.6) is 0 Å². The zero-order valence-corrected chi connectivity index (χ0v) is 19.4. The van der Waals surface area contributed by atoms with Gasteiger partial charge in [-0.2, -0.15) is 0 Å². The van der Waals surface area contributed by atoms with Crippen molar-refractivity contribution in [3.63, 3.8) is 0 Å². The van der Waals surface area contributed by atoms with E-state index in [1.807, 2.05) is 29.9 Å². The molecule has 0 bridgehead atoms. The number of nitrogens with one attached hydrogen (secondary N) is 1. The normalized spacial score (nSPS) is 14.3. The smallest absolute Gasteiger partial charge is 0.257 e. The number of carbonyl (C=O) groups excluding carboxylic acids is 1. The van der Waals surface area contributed by atoms with Crippen LogP contribution in [0.4, 0.5) is 11.4 Å². The van der Waals surface area contributed by atoms with Gasteiger partial charge in [0.25, 0.3) is 5.91 Å². The summed E-state index contributed by atoms with van der Waals surface area (Å²) in [5.74, 6) is -0.378. The number of hydrogen-bond acceptors (Lipinski definition) is 6. The van der Waals surface area contributed by atoms with Gasteiger partial charge in [0.1, 0.15) is 0 Å². The Morgan fingerprint density at radius 1 is 1.22 bits per heavy atom. The van der Waals surface area contributed by atoms with Crippen molar-refractivity contribution in [2.24, 2.45) is 7.05 Å². The Morgan fingerprint density at radius 2 is 1.97 bits per heavy atom. The minimum absolute atomic E-state index is 0.0392. The number of anilines is 2. The molecule has 1 fully saturated rings. The Bertz CT molecular complexity index is 1270. The van der Waals surface area contributed by atoms with E-state index in [1.165, 1.54) is 18.2 Å². The molecule has 0 radical (unpaired) electrons. The lowest BCUT2D eigenvalue weighted by molar-refractivity contribution is 0.0787. The zero-order valence-electron chi connectivity index (χ0n) is 17.9. The topological polar surface area (TPSA) is 93.5 Å². The maximum atomic E-state index is 12.8. The van der Waals surface area contributed by atoms with Crippen LogP contribution in [0.25, 0.3) is 11.4 Å². The molecule has 1 aliphatic rings. The highest BCUT2D eigenvalue weighted by atomic mass is 35.5. The summed E-state index contributed by atoms with van der Waals surface area (Å²) in [5.41, 5.74) is 3.26. The molecule has 0 atom stereocenters. The molecule has 4 rings (SSSR count). The number of hydrogen-bond donors (Lipinski definition) is 1. The van der Waals surface area contributed by atoms with Gasteiger partial charge in [-0.25, -0.2) is 8.42 Å². The van der Waals surface area contributed by atoms with E-state index in [-0.39, 0.29) is 21.9 Å². The van der Waals surface area contributed by atoms with Crippen molar-refractivity contribution in [3.05, 3.63) is 59.4 Å². The highest BCUT2D eigenvalue weighted by Gasteiger charge is 2.26. The fourth-order valence-corrected chi connectivity index (χ4v) is 4.50. The van der Waals surface area contributed by atoms with Crippen molar-refractivity contribution in [2.45, 2.75) is 11.0 Å². The Balaban J connectivity index is 1.51. The lowest BCUT2D eigenvalue weighted by atomic mass is 10.1. The van der Waals surface area contributed by atoms with Crippen molar-refractivity contribution in [2.75, 3.05) is 36.7 Å². The van der Waals surface area contributed by atoms with Gasteiger partial charge in [0.05, 0.1) is 39.8 Å². The van der Waals surface area contributed by atoms with Crippen molar-refractivity contribution in [3.8, 4) is 11.4 Å². The summed E-state index contributed by atoms with van der Waals surface area (Å²) in [6, 6.07) is 9.89. The molecule has 8 nitrogen and oxygen atoms in total. The SMILES string of the molecule is COC1CN(c2ccc(-c3cc(C(=O)Nc4cc(Cl)cc(S(C)(=O)=O)c4)cn3C)nc2)C1. The fourth-order valence-electron chi connectivity index (χ4n) is 3.52. The van der Waals surface area contributed by atoms with E-state index < -0.39 is 9.84 Å². The number of pyridine rings is 1. The number of carbonyl (C=O) groups is 1. The molecular formula is C22H23ClN4O4S. The monoisotopic (exact) mass is 474 g/mol. The van der Waals surface area contributed by atoms with Crippen LogP contribution in [-0.2, 0) is 21.6 Å². The molecule has 3 heterocycles. The molecule has 1 aliphatic heterocycles. The van der Waals surface area contributed by atoms with Crippen LogP contribution in [0.1, 0.15) is 10.4 Å². The number of sulfone groups is 1. The quantitative estimate of drug-likeness (QED) is 0.589. The second-order valence-corrected chi connectivity index (χ2v) is 10.2. The van der Waals surface area contributed by atoms with Gasteiger partial charge in [0, 0.05) is 50.4 Å². The first-order chi connectivity index (χ1) is 15.1. The number of aryl methyl sites for hydroxylation is 1. The largest absolute Gasteiger partial charge is 0.378 e. The van der Waals surface area contributed by atoms with Crippen LogP contribution in [0.2, 0.25) is 5.02 Å². The van der Waals surface area contributed by atoms with Gasteiger partial charge >= 0.3 is 0 Å². The molecule has 1 amide bonds. The first-order valence-electron chi connectivity index (χ1n) is 9.86. The molecule has 3 aromatic rings. The first-order valence-corrected chi connectivity index (χ1v) is 12.1. The van der Waals surface area contributed by atoms with Gasteiger partial charge in [0.2, 0.25) is 0 Å². The van der Waals surface area contributed by atoms with E-state index in [0.717, 1.165) is 36.4 Å². The summed E-state index contributed by atoms with van der Waals surface area (Å²) in [4.78, 5) is 19.6. The average Bonchev–Trinajstić information content (AvgIpc) is 3.08. The molecule has 0 aliphatic carbocycles. The van der Waals surface area contributed by atoms with Crippen LogP contribution in [0, 0.1) is 0 Å². The summed E-state index contributed by atoms with van der Waals surface area (Å²) in [5, 5.41) is 2.93. The van der Waals surface area contributed by atoms with Crippen molar-refractivity contribution < 1.29 is 17.9 Å². The molecule has 168 valence electrons. The molecule has 1 aromatic carbocycles. The van der Waals surface area contributed by atoms with Crippen LogP contribution in [0.3, 0.4) is 0 Å².